The molecule has 4 aromatic rings. The number of fused-ring (bicyclic) bond motifs is 6. The summed E-state index contributed by atoms with van der Waals surface area (Å²) in [5, 5.41) is 10.2. The van der Waals surface area contributed by atoms with Crippen molar-refractivity contribution < 1.29 is 57.4 Å². The Balaban J connectivity index is 1.43. The van der Waals surface area contributed by atoms with Gasteiger partial charge in [0.1, 0.15) is 72.9 Å². The number of aromatic nitrogens is 4. The van der Waals surface area contributed by atoms with Crippen molar-refractivity contribution in [3.63, 3.8) is 0 Å². The van der Waals surface area contributed by atoms with Gasteiger partial charge in [0.2, 0.25) is 35.4 Å². The standard InChI is InChI=1S/C51H64N12O12S2/c1-25(2)38-49(72)74-22-36(59-42(65)34-21-53-30-17-13-15-19-32(30)57-34)44(67)55-28(6)46(69)63(10)40-48(71)62(9)39(26(3)4)50(73)75-23-35(58-41(64)33-20-52-29-16-12-14-18-31(29)56-33)43(66)54-27(5)45(68)60(7)37(47(70)61(38)8)24-77-51(40)76-11/h12-21,25-28,35-40,51H,22-24H2,1-11H3,(H,54,66)(H,55,67)(H,58,64)(H,59,65)/t27-,28-,35+,36+,37-,38?,39?,40-,51+/m0/s1. The lowest BCUT2D eigenvalue weighted by Gasteiger charge is -2.40. The summed E-state index contributed by atoms with van der Waals surface area (Å²) in [5.74, 6) is -10.4. The fourth-order valence-corrected chi connectivity index (χ4v) is 11.4. The summed E-state index contributed by atoms with van der Waals surface area (Å²) < 4.78 is 10.5. The number of carbonyl (C=O) groups excluding carboxylic acids is 10. The summed E-state index contributed by atoms with van der Waals surface area (Å²) in [5.41, 5.74) is 1.38. The van der Waals surface area contributed by atoms with Crippen molar-refractivity contribution in [1.29, 1.82) is 0 Å². The summed E-state index contributed by atoms with van der Waals surface area (Å²) in [6.07, 6.45) is 4.06. The van der Waals surface area contributed by atoms with Gasteiger partial charge in [-0.15, -0.1) is 23.5 Å². The average molecular weight is 1100 g/mol. The van der Waals surface area contributed by atoms with Crippen molar-refractivity contribution in [2.24, 2.45) is 11.8 Å². The van der Waals surface area contributed by atoms with Crippen LogP contribution in [-0.4, -0.2) is 205 Å². The number of amides is 8. The molecule has 2 aromatic carbocycles. The molecule has 2 aliphatic heterocycles. The van der Waals surface area contributed by atoms with Crippen molar-refractivity contribution in [2.45, 2.75) is 94.5 Å². The third kappa shape index (κ3) is 13.6. The second-order valence-electron chi connectivity index (χ2n) is 19.3. The quantitative estimate of drug-likeness (QED) is 0.185. The van der Waals surface area contributed by atoms with E-state index in [0.717, 1.165) is 43.1 Å². The zero-order valence-electron chi connectivity index (χ0n) is 44.5. The van der Waals surface area contributed by atoms with Gasteiger partial charge < -0.3 is 50.3 Å². The Labute approximate surface area is 453 Å². The summed E-state index contributed by atoms with van der Waals surface area (Å²) in [6, 6.07) is 1.79. The second kappa shape index (κ2) is 25.6. The predicted octanol–water partition coefficient (Wildman–Crippen LogP) is 0.635. The number of likely N-dealkylation sites (N-methyl/N-ethyl adjacent to an activating group) is 4. The number of cyclic esters (lactones) is 2. The van der Waals surface area contributed by atoms with Gasteiger partial charge >= 0.3 is 11.9 Å². The predicted molar refractivity (Wildman–Crippen MR) is 284 cm³/mol. The van der Waals surface area contributed by atoms with E-state index < -0.39 is 137 Å². The van der Waals surface area contributed by atoms with Gasteiger partial charge in [-0.1, -0.05) is 52.0 Å². The van der Waals surface area contributed by atoms with Crippen LogP contribution in [0.3, 0.4) is 0 Å². The lowest BCUT2D eigenvalue weighted by atomic mass is 10.0. The smallest absolute Gasteiger partial charge is 0.329 e. The Morgan fingerprint density at radius 3 is 1.43 bits per heavy atom. The summed E-state index contributed by atoms with van der Waals surface area (Å²) >= 11 is 2.16. The zero-order chi connectivity index (χ0) is 56.6. The van der Waals surface area contributed by atoms with Crippen LogP contribution >= 0.6 is 23.5 Å². The van der Waals surface area contributed by atoms with Gasteiger partial charge in [-0.3, -0.25) is 48.3 Å². The minimum atomic E-state index is -1.66. The van der Waals surface area contributed by atoms with Crippen LogP contribution in [0.4, 0.5) is 0 Å². The highest BCUT2D eigenvalue weighted by atomic mass is 32.2. The monoisotopic (exact) mass is 1100 g/mol. The Morgan fingerprint density at radius 2 is 1.01 bits per heavy atom. The number of hydrogen-bond acceptors (Lipinski definition) is 18. The van der Waals surface area contributed by atoms with Crippen molar-refractivity contribution in [3.05, 3.63) is 72.3 Å². The van der Waals surface area contributed by atoms with E-state index in [1.54, 1.807) is 82.5 Å². The molecule has 2 unspecified atom stereocenters. The second-order valence-corrected chi connectivity index (χ2v) is 21.8. The topological polar surface area (TPSA) is 302 Å². The summed E-state index contributed by atoms with van der Waals surface area (Å²) in [6.45, 7) is 7.69. The van der Waals surface area contributed by atoms with Gasteiger partial charge in [-0.2, -0.15) is 0 Å². The van der Waals surface area contributed by atoms with Crippen molar-refractivity contribution in [2.75, 3.05) is 53.4 Å². The lowest BCUT2D eigenvalue weighted by molar-refractivity contribution is -0.160. The molecule has 2 fully saturated rings. The van der Waals surface area contributed by atoms with E-state index in [2.05, 4.69) is 41.2 Å². The van der Waals surface area contributed by atoms with Gasteiger partial charge in [0, 0.05) is 33.9 Å². The third-order valence-electron chi connectivity index (χ3n) is 13.2. The van der Waals surface area contributed by atoms with Crippen molar-refractivity contribution in [3.8, 4) is 0 Å². The molecule has 77 heavy (non-hydrogen) atoms. The molecule has 2 bridgehead atoms. The van der Waals surface area contributed by atoms with E-state index in [-0.39, 0.29) is 17.1 Å². The molecule has 2 aliphatic rings. The maximum absolute atomic E-state index is 15.2. The molecule has 4 N–H and O–H groups in total. The number of carbonyl (C=O) groups is 10. The van der Waals surface area contributed by atoms with Gasteiger partial charge in [-0.05, 0) is 56.2 Å². The SMILES string of the molecule is CS[C@@H]1SC[C@H]2C(=O)N(C)C(C(C)C)C(=O)OC[C@@H](NC(=O)c3cnc4ccccc4n3)C(=O)N[C@@H](C)C(=O)N(C)[C@H]1C(=O)N(C)C(C(C)C)C(=O)OC[C@@H](NC(=O)c1cnc3ccccc3n1)C(=O)N[C@@H](C)C(=O)N2C. The first-order valence-electron chi connectivity index (χ1n) is 24.7. The Kier molecular flexibility index (Phi) is 19.5. The number of hydrogen-bond donors (Lipinski definition) is 4. The largest absolute Gasteiger partial charge is 0.461 e. The number of esters is 2. The van der Waals surface area contributed by atoms with E-state index in [0.29, 0.717) is 22.1 Å². The highest BCUT2D eigenvalue weighted by Gasteiger charge is 2.45. The minimum Gasteiger partial charge on any atom is -0.461 e. The number of benzene rings is 2. The average Bonchev–Trinajstić information content (AvgIpc) is 3.40. The molecule has 24 nitrogen and oxygen atoms in total. The van der Waals surface area contributed by atoms with Crippen LogP contribution in [0.5, 0.6) is 0 Å². The molecule has 8 amide bonds. The van der Waals surface area contributed by atoms with Crippen LogP contribution in [0.15, 0.2) is 60.9 Å². The Bertz CT molecular complexity index is 2930. The maximum atomic E-state index is 15.2. The van der Waals surface area contributed by atoms with Gasteiger partial charge in [0.05, 0.1) is 39.0 Å². The van der Waals surface area contributed by atoms with Gasteiger partial charge in [-0.25, -0.2) is 19.6 Å². The number of nitrogens with zero attached hydrogens (tertiary/aromatic N) is 8. The third-order valence-corrected chi connectivity index (χ3v) is 16.0. The lowest BCUT2D eigenvalue weighted by Crippen LogP contribution is -2.60. The fraction of sp³-hybridized carbons (Fsp3) is 0.490. The van der Waals surface area contributed by atoms with Crippen LogP contribution in [-0.2, 0) is 47.8 Å². The van der Waals surface area contributed by atoms with Gasteiger partial charge in [0.25, 0.3) is 11.8 Å². The Hall–Kier alpha value is -7.48. The van der Waals surface area contributed by atoms with Crippen molar-refractivity contribution >= 4 is 105 Å². The highest BCUT2D eigenvalue weighted by molar-refractivity contribution is 8.16. The number of ether oxygens (including phenoxy) is 2. The van der Waals surface area contributed by atoms with Gasteiger partial charge in [0.15, 0.2) is 0 Å². The first-order chi connectivity index (χ1) is 36.4. The van der Waals surface area contributed by atoms with E-state index in [1.807, 2.05) is 0 Å². The van der Waals surface area contributed by atoms with Crippen LogP contribution in [0.1, 0.15) is 62.5 Å². The molecule has 2 saturated heterocycles. The molecule has 412 valence electrons. The first kappa shape index (κ1) is 58.8. The van der Waals surface area contributed by atoms with E-state index in [1.165, 1.54) is 54.4 Å². The zero-order valence-corrected chi connectivity index (χ0v) is 46.2. The molecule has 0 radical (unpaired) electrons. The molecule has 4 heterocycles. The molecule has 0 aliphatic carbocycles. The van der Waals surface area contributed by atoms with Crippen LogP contribution in [0.25, 0.3) is 22.1 Å². The summed E-state index contributed by atoms with van der Waals surface area (Å²) in [7, 11) is 5.32. The molecule has 2 aromatic heterocycles. The van der Waals surface area contributed by atoms with Crippen LogP contribution < -0.4 is 21.3 Å². The molecule has 26 heteroatoms. The molecular weight excluding hydrogens is 1040 g/mol. The fourth-order valence-electron chi connectivity index (χ4n) is 8.88. The molecular formula is C51H64N12O12S2. The number of thioether (sulfide) groups is 2. The minimum absolute atomic E-state index is 0.182. The highest BCUT2D eigenvalue weighted by Crippen LogP contribution is 2.32. The number of nitrogens with one attached hydrogen (secondary N) is 4. The number of rotatable bonds is 7. The maximum Gasteiger partial charge on any atom is 0.329 e. The molecule has 0 spiro atoms. The molecule has 9 atom stereocenters. The summed E-state index contributed by atoms with van der Waals surface area (Å²) in [4.78, 5) is 166. The van der Waals surface area contributed by atoms with E-state index in [4.69, 9.17) is 9.47 Å². The van der Waals surface area contributed by atoms with Crippen LogP contribution in [0, 0.1) is 11.8 Å². The Morgan fingerprint density at radius 1 is 0.610 bits per heavy atom. The normalized spacial score (nSPS) is 25.4. The van der Waals surface area contributed by atoms with Crippen LogP contribution in [0.2, 0.25) is 0 Å². The van der Waals surface area contributed by atoms with E-state index in [9.17, 15) is 38.4 Å². The van der Waals surface area contributed by atoms with Crippen molar-refractivity contribution in [1.82, 2.24) is 60.8 Å². The number of para-hydroxylation sites is 4. The molecule has 0 saturated carbocycles. The molecule has 6 rings (SSSR count). The van der Waals surface area contributed by atoms with E-state index >= 15 is 9.59 Å². The first-order valence-corrected chi connectivity index (χ1v) is 27.0.